The molecule has 0 aliphatic carbocycles. The van der Waals surface area contributed by atoms with Crippen LogP contribution in [0.1, 0.15) is 5.56 Å². The molecule has 1 heterocycles. The Kier molecular flexibility index (Phi) is 4.76. The molecule has 0 amide bonds. The number of aliphatic imine (C=N–C) groups is 1. The van der Waals surface area contributed by atoms with Gasteiger partial charge in [0.2, 0.25) is 5.88 Å². The number of benzene rings is 2. The molecule has 0 spiro atoms. The summed E-state index contributed by atoms with van der Waals surface area (Å²) in [5, 5.41) is 10.5. The fourth-order valence-electron chi connectivity index (χ4n) is 2.28. The number of H-pyrrole nitrogens is 1. The van der Waals surface area contributed by atoms with Gasteiger partial charge < -0.3 is 9.84 Å². The van der Waals surface area contributed by atoms with Crippen LogP contribution in [-0.2, 0) is 0 Å². The highest BCUT2D eigenvalue weighted by Crippen LogP contribution is 2.20. The van der Waals surface area contributed by atoms with Crippen LogP contribution >= 0.6 is 12.2 Å². The molecule has 2 N–H and O–H groups in total. The Balaban J connectivity index is 2.05. The van der Waals surface area contributed by atoms with Gasteiger partial charge in [0.25, 0.3) is 5.56 Å². The molecule has 126 valence electrons. The van der Waals surface area contributed by atoms with E-state index in [1.54, 1.807) is 43.5 Å². The second-order valence-electron chi connectivity index (χ2n) is 5.12. The molecule has 7 heteroatoms. The summed E-state index contributed by atoms with van der Waals surface area (Å²) >= 11 is 5.16. The van der Waals surface area contributed by atoms with E-state index in [4.69, 9.17) is 17.0 Å². The summed E-state index contributed by atoms with van der Waals surface area (Å²) in [7, 11) is 1.58. The number of nitrogens with zero attached hydrogens (tertiary/aromatic N) is 2. The summed E-state index contributed by atoms with van der Waals surface area (Å²) in [6, 6.07) is 16.0. The maximum absolute atomic E-state index is 12.2. The number of aromatic nitrogens is 2. The summed E-state index contributed by atoms with van der Waals surface area (Å²) in [5.74, 6) is 0.439. The first-order valence-electron chi connectivity index (χ1n) is 7.42. The standard InChI is InChI=1S/C18H15N3O3S/c1-24-14-9-7-12(8-10-14)19-11-15-16(22)20-18(25)21(17(15)23)13-5-3-2-4-6-13/h2-11,23H,1H3,(H,20,22,25). The van der Waals surface area contributed by atoms with Gasteiger partial charge in [-0.3, -0.25) is 19.3 Å². The van der Waals surface area contributed by atoms with Crippen LogP contribution in [-0.4, -0.2) is 28.0 Å². The van der Waals surface area contributed by atoms with Crippen LogP contribution in [0.2, 0.25) is 0 Å². The van der Waals surface area contributed by atoms with E-state index in [1.165, 1.54) is 10.8 Å². The molecule has 0 unspecified atom stereocenters. The molecule has 0 bridgehead atoms. The van der Waals surface area contributed by atoms with Gasteiger partial charge in [-0.1, -0.05) is 18.2 Å². The third-order valence-electron chi connectivity index (χ3n) is 3.55. The largest absolute Gasteiger partial charge is 0.497 e. The first-order valence-corrected chi connectivity index (χ1v) is 7.83. The molecule has 3 aromatic rings. The molecular formula is C18H15N3O3S. The van der Waals surface area contributed by atoms with Crippen molar-refractivity contribution in [1.82, 2.24) is 9.55 Å². The molecule has 1 aromatic heterocycles. The lowest BCUT2D eigenvalue weighted by atomic mass is 10.3. The summed E-state index contributed by atoms with van der Waals surface area (Å²) in [6.07, 6.45) is 1.31. The van der Waals surface area contributed by atoms with Crippen molar-refractivity contribution >= 4 is 24.1 Å². The molecule has 0 aliphatic rings. The zero-order chi connectivity index (χ0) is 17.8. The minimum Gasteiger partial charge on any atom is -0.497 e. The number of nitrogens with one attached hydrogen (secondary N) is 1. The molecule has 0 radical (unpaired) electrons. The number of methoxy groups -OCH3 is 1. The average molecular weight is 353 g/mol. The zero-order valence-corrected chi connectivity index (χ0v) is 14.2. The predicted molar refractivity (Wildman–Crippen MR) is 99.1 cm³/mol. The molecule has 0 fully saturated rings. The van der Waals surface area contributed by atoms with Crippen LogP contribution in [0.5, 0.6) is 11.6 Å². The molecule has 6 nitrogen and oxygen atoms in total. The monoisotopic (exact) mass is 353 g/mol. The van der Waals surface area contributed by atoms with Gasteiger partial charge in [0.05, 0.1) is 18.5 Å². The minimum atomic E-state index is -0.507. The third kappa shape index (κ3) is 3.51. The number of hydrogen-bond acceptors (Lipinski definition) is 5. The van der Waals surface area contributed by atoms with Gasteiger partial charge in [0, 0.05) is 6.21 Å². The van der Waals surface area contributed by atoms with Crippen molar-refractivity contribution in [2.24, 2.45) is 4.99 Å². The van der Waals surface area contributed by atoms with Crippen molar-refractivity contribution in [3.05, 3.63) is 75.3 Å². The highest BCUT2D eigenvalue weighted by molar-refractivity contribution is 7.71. The van der Waals surface area contributed by atoms with Crippen LogP contribution in [0, 0.1) is 4.77 Å². The van der Waals surface area contributed by atoms with Gasteiger partial charge in [-0.2, -0.15) is 0 Å². The van der Waals surface area contributed by atoms with Crippen LogP contribution in [0.25, 0.3) is 5.69 Å². The summed E-state index contributed by atoms with van der Waals surface area (Å²) < 4.78 is 6.57. The number of hydrogen-bond donors (Lipinski definition) is 2. The van der Waals surface area contributed by atoms with Crippen molar-refractivity contribution in [2.45, 2.75) is 0 Å². The van der Waals surface area contributed by atoms with Crippen molar-refractivity contribution in [3.63, 3.8) is 0 Å². The molecule has 3 rings (SSSR count). The van der Waals surface area contributed by atoms with E-state index in [1.807, 2.05) is 18.2 Å². The topological polar surface area (TPSA) is 79.6 Å². The van der Waals surface area contributed by atoms with E-state index < -0.39 is 5.56 Å². The maximum atomic E-state index is 12.2. The smallest absolute Gasteiger partial charge is 0.264 e. The summed E-state index contributed by atoms with van der Waals surface area (Å²) in [5.41, 5.74) is 0.772. The third-order valence-corrected chi connectivity index (χ3v) is 3.84. The predicted octanol–water partition coefficient (Wildman–Crippen LogP) is 3.36. The first kappa shape index (κ1) is 16.7. The van der Waals surface area contributed by atoms with Gasteiger partial charge in [-0.25, -0.2) is 0 Å². The Hall–Kier alpha value is -3.19. The van der Waals surface area contributed by atoms with Gasteiger partial charge in [-0.15, -0.1) is 0 Å². The van der Waals surface area contributed by atoms with Crippen molar-refractivity contribution in [3.8, 4) is 17.3 Å². The van der Waals surface area contributed by atoms with Gasteiger partial charge in [0.1, 0.15) is 11.3 Å². The second kappa shape index (κ2) is 7.14. The molecule has 0 aliphatic heterocycles. The molecule has 0 saturated heterocycles. The van der Waals surface area contributed by atoms with Crippen LogP contribution in [0.4, 0.5) is 5.69 Å². The number of rotatable bonds is 4. The normalized spacial score (nSPS) is 10.9. The van der Waals surface area contributed by atoms with E-state index in [2.05, 4.69) is 9.98 Å². The molecule has 2 aromatic carbocycles. The quantitative estimate of drug-likeness (QED) is 0.557. The Morgan fingerprint density at radius 2 is 1.84 bits per heavy atom. The van der Waals surface area contributed by atoms with E-state index in [0.717, 1.165) is 0 Å². The SMILES string of the molecule is COc1ccc(N=Cc2c(O)n(-c3ccccc3)c(=S)[nH]c2=O)cc1. The van der Waals surface area contributed by atoms with Crippen molar-refractivity contribution < 1.29 is 9.84 Å². The van der Waals surface area contributed by atoms with Crippen molar-refractivity contribution in [2.75, 3.05) is 7.11 Å². The molecular weight excluding hydrogens is 338 g/mol. The Bertz CT molecular complexity index is 1020. The fourth-order valence-corrected chi connectivity index (χ4v) is 2.56. The van der Waals surface area contributed by atoms with Gasteiger partial charge in [-0.05, 0) is 48.6 Å². The van der Waals surface area contributed by atoms with Gasteiger partial charge in [0.15, 0.2) is 4.77 Å². The molecule has 0 atom stereocenters. The summed E-state index contributed by atoms with van der Waals surface area (Å²) in [4.78, 5) is 18.9. The number of ether oxygens (including phenoxy) is 1. The first-order chi connectivity index (χ1) is 12.1. The summed E-state index contributed by atoms with van der Waals surface area (Å²) in [6.45, 7) is 0. The Morgan fingerprint density at radius 3 is 2.48 bits per heavy atom. The number of aromatic hydroxyl groups is 1. The van der Waals surface area contributed by atoms with E-state index in [9.17, 15) is 9.90 Å². The Labute approximate surface area is 148 Å². The minimum absolute atomic E-state index is 0.0215. The zero-order valence-electron chi connectivity index (χ0n) is 13.3. The highest BCUT2D eigenvalue weighted by Gasteiger charge is 2.12. The highest BCUT2D eigenvalue weighted by atomic mass is 32.1. The van der Waals surface area contributed by atoms with Crippen LogP contribution < -0.4 is 10.3 Å². The fraction of sp³-hybridized carbons (Fsp3) is 0.0556. The van der Waals surface area contributed by atoms with Gasteiger partial charge >= 0.3 is 0 Å². The molecule has 0 saturated carbocycles. The van der Waals surface area contributed by atoms with E-state index in [-0.39, 0.29) is 16.2 Å². The molecule has 25 heavy (non-hydrogen) atoms. The lowest BCUT2D eigenvalue weighted by Gasteiger charge is -2.10. The van der Waals surface area contributed by atoms with Crippen LogP contribution in [0.3, 0.4) is 0 Å². The number of aromatic amines is 1. The lowest BCUT2D eigenvalue weighted by molar-refractivity contribution is 0.415. The number of para-hydroxylation sites is 1. The maximum Gasteiger partial charge on any atom is 0.264 e. The van der Waals surface area contributed by atoms with Crippen molar-refractivity contribution in [1.29, 1.82) is 0 Å². The van der Waals surface area contributed by atoms with E-state index >= 15 is 0 Å². The second-order valence-corrected chi connectivity index (χ2v) is 5.51. The van der Waals surface area contributed by atoms with E-state index in [0.29, 0.717) is 17.1 Å². The lowest BCUT2D eigenvalue weighted by Crippen LogP contribution is -2.17. The Morgan fingerprint density at radius 1 is 1.16 bits per heavy atom. The average Bonchev–Trinajstić information content (AvgIpc) is 2.62. The van der Waals surface area contributed by atoms with Crippen LogP contribution in [0.15, 0.2) is 64.4 Å².